The van der Waals surface area contributed by atoms with Crippen LogP contribution in [0.3, 0.4) is 0 Å². The van der Waals surface area contributed by atoms with Gasteiger partial charge in [-0.05, 0) is 111 Å². The minimum atomic E-state index is -2.55. The van der Waals surface area contributed by atoms with Crippen LogP contribution in [-0.2, 0) is 6.42 Å². The van der Waals surface area contributed by atoms with Crippen LogP contribution >= 0.6 is 0 Å². The first-order valence-corrected chi connectivity index (χ1v) is 18.6. The van der Waals surface area contributed by atoms with Gasteiger partial charge in [-0.25, -0.2) is 0 Å². The Labute approximate surface area is 278 Å². The van der Waals surface area contributed by atoms with Crippen LogP contribution in [0.15, 0.2) is 164 Å². The van der Waals surface area contributed by atoms with Crippen molar-refractivity contribution in [3.05, 3.63) is 186 Å². The van der Waals surface area contributed by atoms with Crippen LogP contribution in [0.1, 0.15) is 22.3 Å². The molecule has 1 aliphatic heterocycles. The van der Waals surface area contributed by atoms with Crippen molar-refractivity contribution >= 4 is 45.9 Å². The lowest BCUT2D eigenvalue weighted by molar-refractivity contribution is 1.24. The Kier molecular flexibility index (Phi) is 6.41. The second kappa shape index (κ2) is 10.8. The van der Waals surface area contributed by atoms with E-state index in [0.29, 0.717) is 0 Å². The first-order valence-electron chi connectivity index (χ1n) is 16.6. The summed E-state index contributed by atoms with van der Waals surface area (Å²) in [5.41, 5.74) is 14.3. The molecule has 0 saturated carbocycles. The van der Waals surface area contributed by atoms with Gasteiger partial charge in [-0.15, -0.1) is 0 Å². The molecule has 0 amide bonds. The highest BCUT2D eigenvalue weighted by Crippen LogP contribution is 2.42. The zero-order valence-electron chi connectivity index (χ0n) is 26.7. The maximum absolute atomic E-state index is 2.56. The van der Waals surface area contributed by atoms with E-state index in [1.165, 1.54) is 82.3 Å². The van der Waals surface area contributed by atoms with Crippen molar-refractivity contribution in [1.29, 1.82) is 0 Å². The van der Waals surface area contributed by atoms with Crippen molar-refractivity contribution in [2.75, 3.05) is 4.90 Å². The Bertz CT molecular complexity index is 2190. The third-order valence-corrected chi connectivity index (χ3v) is 15.2. The number of anilines is 3. The van der Waals surface area contributed by atoms with E-state index < -0.39 is 8.07 Å². The molecule has 7 aromatic rings. The molecule has 9 rings (SSSR count). The fourth-order valence-corrected chi connectivity index (χ4v) is 13.3. The number of hydrogen-bond acceptors (Lipinski definition) is 1. The molecule has 0 saturated heterocycles. The fourth-order valence-electron chi connectivity index (χ4n) is 8.07. The predicted octanol–water partition coefficient (Wildman–Crippen LogP) is 8.70. The molecule has 47 heavy (non-hydrogen) atoms. The molecule has 2 aliphatic rings. The average molecular weight is 618 g/mol. The largest absolute Gasteiger partial charge is 0.310 e. The molecule has 0 bridgehead atoms. The number of aryl methyl sites for hydroxylation is 2. The lowest BCUT2D eigenvalue weighted by Gasteiger charge is -2.31. The first kappa shape index (κ1) is 27.8. The molecular formula is C45H35NSi. The summed E-state index contributed by atoms with van der Waals surface area (Å²) in [5.74, 6) is 0. The van der Waals surface area contributed by atoms with E-state index in [1.54, 1.807) is 0 Å². The van der Waals surface area contributed by atoms with E-state index in [1.807, 2.05) is 0 Å². The fraction of sp³-hybridized carbons (Fsp3) is 0.0667. The zero-order valence-corrected chi connectivity index (χ0v) is 27.7. The molecule has 1 heterocycles. The van der Waals surface area contributed by atoms with E-state index >= 15 is 0 Å². The minimum Gasteiger partial charge on any atom is -0.310 e. The Balaban J connectivity index is 1.25. The maximum atomic E-state index is 2.56. The molecular weight excluding hydrogens is 583 g/mol. The van der Waals surface area contributed by atoms with Crippen molar-refractivity contribution in [2.45, 2.75) is 20.3 Å². The highest BCUT2D eigenvalue weighted by Gasteiger charge is 2.48. The minimum absolute atomic E-state index is 0.966. The molecule has 224 valence electrons. The Morgan fingerprint density at radius 2 is 0.894 bits per heavy atom. The monoisotopic (exact) mass is 617 g/mol. The molecule has 1 nitrogen and oxygen atoms in total. The van der Waals surface area contributed by atoms with Gasteiger partial charge in [-0.2, -0.15) is 0 Å². The van der Waals surface area contributed by atoms with Gasteiger partial charge < -0.3 is 4.90 Å². The topological polar surface area (TPSA) is 3.24 Å². The van der Waals surface area contributed by atoms with Gasteiger partial charge in [0.2, 0.25) is 0 Å². The number of rotatable bonds is 5. The number of benzene rings is 7. The van der Waals surface area contributed by atoms with Crippen LogP contribution in [-0.4, -0.2) is 8.07 Å². The Hall–Kier alpha value is -5.44. The van der Waals surface area contributed by atoms with Crippen LogP contribution in [0.4, 0.5) is 17.1 Å². The Morgan fingerprint density at radius 3 is 1.49 bits per heavy atom. The van der Waals surface area contributed by atoms with Crippen molar-refractivity contribution in [3.8, 4) is 22.3 Å². The van der Waals surface area contributed by atoms with Gasteiger partial charge in [0.05, 0.1) is 0 Å². The van der Waals surface area contributed by atoms with E-state index in [0.717, 1.165) is 6.42 Å². The molecule has 1 aliphatic carbocycles. The molecule has 7 aromatic carbocycles. The van der Waals surface area contributed by atoms with E-state index in [-0.39, 0.29) is 0 Å². The van der Waals surface area contributed by atoms with Crippen LogP contribution in [0.2, 0.25) is 0 Å². The van der Waals surface area contributed by atoms with Gasteiger partial charge in [-0.3, -0.25) is 0 Å². The van der Waals surface area contributed by atoms with E-state index in [2.05, 4.69) is 183 Å². The molecule has 0 spiro atoms. The summed E-state index contributed by atoms with van der Waals surface area (Å²) in [6.45, 7) is 4.30. The molecule has 0 radical (unpaired) electrons. The standard InChI is InChI=1S/C45H35NSi/c1-31-16-22-35(23-17-31)46(36-24-18-32(2)19-25-36)37-26-20-33-28-34-21-27-39(30-43(34)42(33)29-37)47(38-10-4-3-5-11-38)44-14-8-6-12-40(44)41-13-7-9-15-45(41)47/h3-27,29-30H,28H2,1-2H3. The van der Waals surface area contributed by atoms with Gasteiger partial charge in [0.25, 0.3) is 0 Å². The molecule has 2 heteroatoms. The number of nitrogens with zero attached hydrogens (tertiary/aromatic N) is 1. The van der Waals surface area contributed by atoms with Crippen molar-refractivity contribution < 1.29 is 0 Å². The summed E-state index contributed by atoms with van der Waals surface area (Å²) >= 11 is 0. The lowest BCUT2D eigenvalue weighted by atomic mass is 10.0. The first-order chi connectivity index (χ1) is 23.1. The maximum Gasteiger partial charge on any atom is 0.180 e. The van der Waals surface area contributed by atoms with Gasteiger partial charge in [0, 0.05) is 17.1 Å². The Morgan fingerprint density at radius 1 is 0.404 bits per heavy atom. The third kappa shape index (κ3) is 4.29. The summed E-state index contributed by atoms with van der Waals surface area (Å²) in [7, 11) is -2.55. The van der Waals surface area contributed by atoms with E-state index in [9.17, 15) is 0 Å². The lowest BCUT2D eigenvalue weighted by Crippen LogP contribution is -2.72. The summed E-state index contributed by atoms with van der Waals surface area (Å²) < 4.78 is 0. The van der Waals surface area contributed by atoms with Gasteiger partial charge >= 0.3 is 0 Å². The second-order valence-corrected chi connectivity index (χ2v) is 16.8. The average Bonchev–Trinajstić information content (AvgIpc) is 3.64. The van der Waals surface area contributed by atoms with Crippen molar-refractivity contribution in [1.82, 2.24) is 0 Å². The number of fused-ring (bicyclic) bond motifs is 6. The third-order valence-electron chi connectivity index (χ3n) is 10.3. The van der Waals surface area contributed by atoms with Crippen LogP contribution in [0.5, 0.6) is 0 Å². The highest BCUT2D eigenvalue weighted by atomic mass is 28.3. The molecule has 0 aromatic heterocycles. The van der Waals surface area contributed by atoms with E-state index in [4.69, 9.17) is 0 Å². The molecule has 0 fully saturated rings. The SMILES string of the molecule is Cc1ccc(N(c2ccc(C)cc2)c2ccc3c(c2)-c2cc([Si]4(c5ccccc5)c5ccccc5-c5ccccc54)ccc2C3)cc1. The summed E-state index contributed by atoms with van der Waals surface area (Å²) in [6.07, 6.45) is 0.966. The van der Waals surface area contributed by atoms with Gasteiger partial charge in [0.15, 0.2) is 8.07 Å². The van der Waals surface area contributed by atoms with Crippen molar-refractivity contribution in [3.63, 3.8) is 0 Å². The zero-order chi connectivity index (χ0) is 31.5. The summed E-state index contributed by atoms with van der Waals surface area (Å²) in [5, 5.41) is 5.87. The second-order valence-electron chi connectivity index (χ2n) is 13.1. The predicted molar refractivity (Wildman–Crippen MR) is 201 cm³/mol. The molecule has 0 atom stereocenters. The summed E-state index contributed by atoms with van der Waals surface area (Å²) in [6, 6.07) is 61.9. The van der Waals surface area contributed by atoms with Crippen molar-refractivity contribution in [2.24, 2.45) is 0 Å². The molecule has 0 N–H and O–H groups in total. The van der Waals surface area contributed by atoms with Crippen LogP contribution in [0, 0.1) is 13.8 Å². The smallest absolute Gasteiger partial charge is 0.180 e. The van der Waals surface area contributed by atoms with Crippen LogP contribution in [0.25, 0.3) is 22.3 Å². The quantitative estimate of drug-likeness (QED) is 0.175. The van der Waals surface area contributed by atoms with Crippen LogP contribution < -0.4 is 25.6 Å². The van der Waals surface area contributed by atoms with Gasteiger partial charge in [0.1, 0.15) is 0 Å². The number of hydrogen-bond donors (Lipinski definition) is 0. The highest BCUT2D eigenvalue weighted by molar-refractivity contribution is 7.22. The summed E-state index contributed by atoms with van der Waals surface area (Å²) in [4.78, 5) is 2.39. The normalized spacial score (nSPS) is 13.4. The van der Waals surface area contributed by atoms with Gasteiger partial charge in [-0.1, -0.05) is 139 Å². The molecule has 0 unspecified atom stereocenters.